The molecule has 1 saturated heterocycles. The molecule has 0 saturated carbocycles. The zero-order chi connectivity index (χ0) is 25.0. The Morgan fingerprint density at radius 3 is 2.37 bits per heavy atom. The Morgan fingerprint density at radius 1 is 0.914 bits per heavy atom. The van der Waals surface area contributed by atoms with E-state index < -0.39 is 10.0 Å². The van der Waals surface area contributed by atoms with Gasteiger partial charge in [0.2, 0.25) is 0 Å². The smallest absolute Gasteiger partial charge is 0.261 e. The normalized spacial score (nSPS) is 14.2. The van der Waals surface area contributed by atoms with Crippen LogP contribution in [0, 0.1) is 25.2 Å². The van der Waals surface area contributed by atoms with Crippen molar-refractivity contribution in [1.82, 2.24) is 4.90 Å². The highest BCUT2D eigenvalue weighted by Crippen LogP contribution is 2.23. The highest BCUT2D eigenvalue weighted by molar-refractivity contribution is 7.92. The van der Waals surface area contributed by atoms with Crippen molar-refractivity contribution in [2.45, 2.75) is 25.2 Å². The molecule has 1 aliphatic heterocycles. The molecule has 35 heavy (non-hydrogen) atoms. The van der Waals surface area contributed by atoms with Gasteiger partial charge >= 0.3 is 0 Å². The monoisotopic (exact) mass is 488 g/mol. The van der Waals surface area contributed by atoms with E-state index in [1.807, 2.05) is 38.1 Å². The molecule has 0 aromatic heterocycles. The number of aryl methyl sites for hydroxylation is 2. The van der Waals surface area contributed by atoms with Gasteiger partial charge in [0.25, 0.3) is 15.9 Å². The van der Waals surface area contributed by atoms with Crippen LogP contribution in [-0.2, 0) is 10.0 Å². The zero-order valence-electron chi connectivity index (χ0n) is 19.9. The van der Waals surface area contributed by atoms with Gasteiger partial charge in [0.15, 0.2) is 0 Å². The highest BCUT2D eigenvalue weighted by atomic mass is 32.2. The van der Waals surface area contributed by atoms with Crippen LogP contribution in [0.3, 0.4) is 0 Å². The lowest BCUT2D eigenvalue weighted by atomic mass is 10.1. The van der Waals surface area contributed by atoms with E-state index in [4.69, 9.17) is 5.26 Å². The number of sulfonamides is 1. The summed E-state index contributed by atoms with van der Waals surface area (Å²) in [6, 6.07) is 21.4. The molecular formula is C27H28N4O3S. The Hall–Kier alpha value is -3.83. The molecule has 1 heterocycles. The standard InChI is InChI=1S/C27H28N4O3S/c1-20-8-13-24(35(33,34)29-26-7-4-3-6-21(26)2)18-25(20)27(32)31-15-5-14-30(16-17-31)23-11-9-22(19-28)10-12-23/h3-4,6-13,18,29H,5,14-17H2,1-2H3. The maximum absolute atomic E-state index is 13.4. The number of para-hydroxylation sites is 1. The molecule has 1 amide bonds. The largest absolute Gasteiger partial charge is 0.370 e. The van der Waals surface area contributed by atoms with E-state index in [1.165, 1.54) is 12.1 Å². The number of amides is 1. The molecule has 8 heteroatoms. The van der Waals surface area contributed by atoms with Crippen molar-refractivity contribution in [2.24, 2.45) is 0 Å². The first-order valence-electron chi connectivity index (χ1n) is 11.5. The Bertz CT molecular complexity index is 1380. The first-order valence-corrected chi connectivity index (χ1v) is 13.0. The number of hydrogen-bond donors (Lipinski definition) is 1. The first kappa shape index (κ1) is 24.3. The van der Waals surface area contributed by atoms with E-state index in [-0.39, 0.29) is 10.8 Å². The number of nitrogens with one attached hydrogen (secondary N) is 1. The summed E-state index contributed by atoms with van der Waals surface area (Å²) >= 11 is 0. The minimum atomic E-state index is -3.85. The van der Waals surface area contributed by atoms with Crippen molar-refractivity contribution >= 4 is 27.3 Å². The molecule has 0 spiro atoms. The van der Waals surface area contributed by atoms with Crippen LogP contribution < -0.4 is 9.62 Å². The van der Waals surface area contributed by atoms with Gasteiger partial charge in [-0.05, 0) is 73.9 Å². The van der Waals surface area contributed by atoms with Crippen LogP contribution >= 0.6 is 0 Å². The van der Waals surface area contributed by atoms with Gasteiger partial charge in [0.1, 0.15) is 0 Å². The van der Waals surface area contributed by atoms with Crippen LogP contribution in [0.25, 0.3) is 0 Å². The first-order chi connectivity index (χ1) is 16.8. The molecule has 0 aliphatic carbocycles. The molecule has 1 fully saturated rings. The van der Waals surface area contributed by atoms with E-state index in [9.17, 15) is 13.2 Å². The molecule has 0 radical (unpaired) electrons. The van der Waals surface area contributed by atoms with Crippen molar-refractivity contribution in [3.05, 3.63) is 89.0 Å². The number of carbonyl (C=O) groups is 1. The lowest BCUT2D eigenvalue weighted by Crippen LogP contribution is -2.35. The molecule has 3 aromatic carbocycles. The minimum absolute atomic E-state index is 0.0590. The van der Waals surface area contributed by atoms with E-state index in [0.717, 1.165) is 29.8 Å². The number of benzene rings is 3. The second kappa shape index (κ2) is 10.2. The van der Waals surface area contributed by atoms with Crippen LogP contribution in [0.1, 0.15) is 33.5 Å². The summed E-state index contributed by atoms with van der Waals surface area (Å²) in [4.78, 5) is 17.5. The molecule has 0 atom stereocenters. The van der Waals surface area contributed by atoms with Crippen LogP contribution in [0.4, 0.5) is 11.4 Å². The van der Waals surface area contributed by atoms with Crippen molar-refractivity contribution in [3.8, 4) is 6.07 Å². The fourth-order valence-electron chi connectivity index (χ4n) is 4.19. The van der Waals surface area contributed by atoms with Crippen LogP contribution in [0.5, 0.6) is 0 Å². The number of nitriles is 1. The van der Waals surface area contributed by atoms with Gasteiger partial charge in [0.05, 0.1) is 22.2 Å². The summed E-state index contributed by atoms with van der Waals surface area (Å²) in [5, 5.41) is 9.02. The molecule has 0 unspecified atom stereocenters. The number of carbonyl (C=O) groups excluding carboxylic acids is 1. The van der Waals surface area contributed by atoms with E-state index in [0.29, 0.717) is 36.4 Å². The summed E-state index contributed by atoms with van der Waals surface area (Å²) in [6.07, 6.45) is 0.789. The molecular weight excluding hydrogens is 460 g/mol. The molecule has 3 aromatic rings. The number of hydrogen-bond acceptors (Lipinski definition) is 5. The predicted octanol–water partition coefficient (Wildman–Crippen LogP) is 4.33. The van der Waals surface area contributed by atoms with Gasteiger partial charge in [-0.15, -0.1) is 0 Å². The third-order valence-electron chi connectivity index (χ3n) is 6.28. The number of anilines is 2. The van der Waals surface area contributed by atoms with Gasteiger partial charge in [-0.2, -0.15) is 5.26 Å². The Kier molecular flexibility index (Phi) is 7.08. The third kappa shape index (κ3) is 5.47. The summed E-state index contributed by atoms with van der Waals surface area (Å²) in [6.45, 7) is 6.22. The quantitative estimate of drug-likeness (QED) is 0.577. The molecule has 1 aliphatic rings. The third-order valence-corrected chi connectivity index (χ3v) is 7.65. The predicted molar refractivity (Wildman–Crippen MR) is 137 cm³/mol. The molecule has 0 bridgehead atoms. The minimum Gasteiger partial charge on any atom is -0.370 e. The second-order valence-electron chi connectivity index (χ2n) is 8.69. The van der Waals surface area contributed by atoms with Crippen molar-refractivity contribution in [2.75, 3.05) is 35.8 Å². The topological polar surface area (TPSA) is 93.5 Å². The van der Waals surface area contributed by atoms with Crippen molar-refractivity contribution < 1.29 is 13.2 Å². The van der Waals surface area contributed by atoms with Gasteiger partial charge in [-0.1, -0.05) is 24.3 Å². The Balaban J connectivity index is 1.52. The maximum atomic E-state index is 13.4. The van der Waals surface area contributed by atoms with Crippen molar-refractivity contribution in [3.63, 3.8) is 0 Å². The summed E-state index contributed by atoms with van der Waals surface area (Å²) in [5.41, 5.74) is 4.09. The lowest BCUT2D eigenvalue weighted by molar-refractivity contribution is 0.0766. The Morgan fingerprint density at radius 2 is 1.66 bits per heavy atom. The van der Waals surface area contributed by atoms with Crippen LogP contribution in [-0.4, -0.2) is 45.4 Å². The molecule has 1 N–H and O–H groups in total. The second-order valence-corrected chi connectivity index (χ2v) is 10.4. The SMILES string of the molecule is Cc1ccccc1NS(=O)(=O)c1ccc(C)c(C(=O)N2CCCN(c3ccc(C#N)cc3)CC2)c1. The average Bonchev–Trinajstić information content (AvgIpc) is 3.11. The number of nitrogens with zero attached hydrogens (tertiary/aromatic N) is 3. The summed E-state index contributed by atoms with van der Waals surface area (Å²) in [7, 11) is -3.85. The molecule has 7 nitrogen and oxygen atoms in total. The number of rotatable bonds is 5. The maximum Gasteiger partial charge on any atom is 0.261 e. The summed E-state index contributed by atoms with van der Waals surface area (Å²) < 4.78 is 28.7. The van der Waals surface area contributed by atoms with Gasteiger partial charge < -0.3 is 9.80 Å². The Labute approximate surface area is 206 Å². The molecule has 4 rings (SSSR count). The average molecular weight is 489 g/mol. The summed E-state index contributed by atoms with van der Waals surface area (Å²) in [5.74, 6) is -0.169. The molecule has 180 valence electrons. The van der Waals surface area contributed by atoms with E-state index >= 15 is 0 Å². The lowest BCUT2D eigenvalue weighted by Gasteiger charge is -2.24. The van der Waals surface area contributed by atoms with Crippen LogP contribution in [0.15, 0.2) is 71.6 Å². The fraction of sp³-hybridized carbons (Fsp3) is 0.259. The van der Waals surface area contributed by atoms with Crippen molar-refractivity contribution in [1.29, 1.82) is 5.26 Å². The zero-order valence-corrected chi connectivity index (χ0v) is 20.7. The fourth-order valence-corrected chi connectivity index (χ4v) is 5.34. The van der Waals surface area contributed by atoms with Gasteiger partial charge in [-0.25, -0.2) is 8.42 Å². The van der Waals surface area contributed by atoms with Gasteiger partial charge in [-0.3, -0.25) is 9.52 Å². The van der Waals surface area contributed by atoms with E-state index in [2.05, 4.69) is 15.7 Å². The van der Waals surface area contributed by atoms with Crippen LogP contribution in [0.2, 0.25) is 0 Å². The van der Waals surface area contributed by atoms with E-state index in [1.54, 1.807) is 35.2 Å². The van der Waals surface area contributed by atoms with Gasteiger partial charge in [0, 0.05) is 37.4 Å². The highest BCUT2D eigenvalue weighted by Gasteiger charge is 2.24.